The smallest absolute Gasteiger partial charge is 0.256 e. The average Bonchev–Trinajstić information content (AvgIpc) is 3.48. The molecule has 3 heterocycles. The zero-order chi connectivity index (χ0) is 22.2. The van der Waals surface area contributed by atoms with Gasteiger partial charge in [0.1, 0.15) is 5.82 Å². The van der Waals surface area contributed by atoms with E-state index in [1.165, 1.54) is 18.9 Å². The Balaban J connectivity index is 1.41. The molecule has 168 valence electrons. The summed E-state index contributed by atoms with van der Waals surface area (Å²) in [5, 5.41) is 5.86. The van der Waals surface area contributed by atoms with Gasteiger partial charge in [0.25, 0.3) is 11.8 Å². The number of nitrogens with one attached hydrogen (secondary N) is 3. The molecule has 0 bridgehead atoms. The third-order valence-corrected chi connectivity index (χ3v) is 6.85. The Hall–Kier alpha value is -2.93. The number of nitrogens with zero attached hydrogens (tertiary/aromatic N) is 1. The molecule has 2 aromatic rings. The first-order valence-electron chi connectivity index (χ1n) is 11.6. The lowest BCUT2D eigenvalue weighted by Gasteiger charge is -2.19. The molecule has 3 N–H and O–H groups in total. The van der Waals surface area contributed by atoms with E-state index in [1.807, 2.05) is 6.92 Å². The van der Waals surface area contributed by atoms with E-state index < -0.39 is 5.82 Å². The standard InChI is InChI=1S/C25H29FN4O2/c1-15-20(24(31)27-11-6-14-30-12-2-3-13-30)16-7-4-8-17(23(16)28-15)21-22-18(26)9-5-10-19(22)29-25(21)32/h5,9-10,28H,2-4,6-8,11-14H2,1H3,(H,27,31)(H,29,32)/b21-17-. The largest absolute Gasteiger partial charge is 0.358 e. The molecule has 0 saturated carbocycles. The van der Waals surface area contributed by atoms with Crippen LogP contribution in [0.15, 0.2) is 18.2 Å². The van der Waals surface area contributed by atoms with Gasteiger partial charge in [0.15, 0.2) is 0 Å². The van der Waals surface area contributed by atoms with Gasteiger partial charge in [-0.3, -0.25) is 9.59 Å². The highest BCUT2D eigenvalue weighted by molar-refractivity contribution is 6.37. The molecular weight excluding hydrogens is 407 g/mol. The first-order chi connectivity index (χ1) is 15.5. The fraction of sp³-hybridized carbons (Fsp3) is 0.440. The van der Waals surface area contributed by atoms with Crippen molar-refractivity contribution in [2.45, 2.75) is 45.4 Å². The molecule has 1 aliphatic carbocycles. The van der Waals surface area contributed by atoms with E-state index >= 15 is 0 Å². The van der Waals surface area contributed by atoms with E-state index in [-0.39, 0.29) is 11.8 Å². The predicted octanol–water partition coefficient (Wildman–Crippen LogP) is 3.88. The fourth-order valence-corrected chi connectivity index (χ4v) is 5.38. The second-order valence-corrected chi connectivity index (χ2v) is 8.96. The summed E-state index contributed by atoms with van der Waals surface area (Å²) in [5.74, 6) is -0.766. The summed E-state index contributed by atoms with van der Waals surface area (Å²) in [5.41, 5.74) is 5.22. The number of benzene rings is 1. The number of aromatic nitrogens is 1. The number of hydrogen-bond acceptors (Lipinski definition) is 3. The van der Waals surface area contributed by atoms with Crippen LogP contribution in [0.1, 0.15) is 65.0 Å². The van der Waals surface area contributed by atoms with Crippen molar-refractivity contribution >= 4 is 28.6 Å². The number of fused-ring (bicyclic) bond motifs is 2. The van der Waals surface area contributed by atoms with Crippen LogP contribution in [0.4, 0.5) is 10.1 Å². The summed E-state index contributed by atoms with van der Waals surface area (Å²) in [6, 6.07) is 4.69. The zero-order valence-electron chi connectivity index (χ0n) is 18.4. The van der Waals surface area contributed by atoms with E-state index in [9.17, 15) is 14.0 Å². The number of amides is 2. The monoisotopic (exact) mass is 436 g/mol. The molecule has 0 unspecified atom stereocenters. The van der Waals surface area contributed by atoms with Crippen LogP contribution in [0.3, 0.4) is 0 Å². The maximum atomic E-state index is 14.6. The number of likely N-dealkylation sites (tertiary alicyclic amines) is 1. The summed E-state index contributed by atoms with van der Waals surface area (Å²) in [6.07, 6.45) is 5.72. The van der Waals surface area contributed by atoms with Crippen LogP contribution >= 0.6 is 0 Å². The number of allylic oxidation sites excluding steroid dienone is 1. The summed E-state index contributed by atoms with van der Waals surface area (Å²) in [6.45, 7) is 5.87. The van der Waals surface area contributed by atoms with Gasteiger partial charge in [-0.25, -0.2) is 4.39 Å². The number of anilines is 1. The number of carbonyl (C=O) groups is 2. The van der Waals surface area contributed by atoms with E-state index in [2.05, 4.69) is 20.5 Å². The van der Waals surface area contributed by atoms with Crippen LogP contribution in [0.25, 0.3) is 11.1 Å². The summed E-state index contributed by atoms with van der Waals surface area (Å²) < 4.78 is 14.6. The minimum atomic E-state index is -0.408. The summed E-state index contributed by atoms with van der Waals surface area (Å²) in [4.78, 5) is 31.6. The molecule has 1 aromatic heterocycles. The van der Waals surface area contributed by atoms with Crippen LogP contribution in [0.2, 0.25) is 0 Å². The maximum absolute atomic E-state index is 14.6. The Labute approximate surface area is 187 Å². The highest BCUT2D eigenvalue weighted by atomic mass is 19.1. The van der Waals surface area contributed by atoms with Crippen LogP contribution in [0.5, 0.6) is 0 Å². The van der Waals surface area contributed by atoms with Crippen LogP contribution in [-0.4, -0.2) is 47.9 Å². The van der Waals surface area contributed by atoms with Gasteiger partial charge in [0, 0.05) is 23.5 Å². The molecule has 1 saturated heterocycles. The van der Waals surface area contributed by atoms with Gasteiger partial charge in [-0.1, -0.05) is 6.07 Å². The number of carbonyl (C=O) groups excluding carboxylic acids is 2. The number of rotatable bonds is 5. The Morgan fingerprint density at radius 1 is 1.19 bits per heavy atom. The van der Waals surface area contributed by atoms with Crippen molar-refractivity contribution < 1.29 is 14.0 Å². The average molecular weight is 437 g/mol. The molecule has 6 nitrogen and oxygen atoms in total. The summed E-state index contributed by atoms with van der Waals surface area (Å²) in [7, 11) is 0. The van der Waals surface area contributed by atoms with Gasteiger partial charge in [-0.05, 0) is 88.4 Å². The zero-order valence-corrected chi connectivity index (χ0v) is 18.4. The first kappa shape index (κ1) is 20.9. The third kappa shape index (κ3) is 3.64. The van der Waals surface area contributed by atoms with Crippen molar-refractivity contribution in [1.82, 2.24) is 15.2 Å². The second kappa shape index (κ2) is 8.54. The lowest BCUT2D eigenvalue weighted by molar-refractivity contribution is -0.110. The predicted molar refractivity (Wildman–Crippen MR) is 123 cm³/mol. The lowest BCUT2D eigenvalue weighted by Crippen LogP contribution is -2.29. The minimum Gasteiger partial charge on any atom is -0.358 e. The molecular formula is C25H29FN4O2. The molecule has 0 spiro atoms. The Morgan fingerprint density at radius 2 is 2.00 bits per heavy atom. The van der Waals surface area contributed by atoms with Gasteiger partial charge < -0.3 is 20.5 Å². The Kier molecular flexibility index (Phi) is 5.59. The third-order valence-electron chi connectivity index (χ3n) is 6.85. The van der Waals surface area contributed by atoms with Gasteiger partial charge >= 0.3 is 0 Å². The number of hydrogen-bond donors (Lipinski definition) is 3. The normalized spacial score (nSPS) is 20.2. The van der Waals surface area contributed by atoms with E-state index in [0.717, 1.165) is 61.4 Å². The van der Waals surface area contributed by atoms with Crippen LogP contribution < -0.4 is 10.6 Å². The van der Waals surface area contributed by atoms with Crippen LogP contribution in [0, 0.1) is 12.7 Å². The van der Waals surface area contributed by atoms with Gasteiger partial charge in [0.05, 0.1) is 16.8 Å². The molecule has 2 aliphatic heterocycles. The van der Waals surface area contributed by atoms with E-state index in [4.69, 9.17) is 0 Å². The van der Waals surface area contributed by atoms with E-state index in [1.54, 1.807) is 12.1 Å². The number of aryl methyl sites for hydroxylation is 1. The molecule has 3 aliphatic rings. The topological polar surface area (TPSA) is 77.2 Å². The quantitative estimate of drug-likeness (QED) is 0.492. The molecule has 32 heavy (non-hydrogen) atoms. The molecule has 5 rings (SSSR count). The molecule has 0 atom stereocenters. The SMILES string of the molecule is Cc1[nH]c2c(c1C(=O)NCCCN1CCCC1)CCC/C2=C1/C(=O)Nc2cccc(F)c21. The van der Waals surface area contributed by atoms with E-state index in [0.29, 0.717) is 35.4 Å². The second-order valence-electron chi connectivity index (χ2n) is 8.96. The van der Waals surface area contributed by atoms with Crippen molar-refractivity contribution in [2.24, 2.45) is 0 Å². The molecule has 2 amide bonds. The van der Waals surface area contributed by atoms with Gasteiger partial charge in [-0.2, -0.15) is 0 Å². The maximum Gasteiger partial charge on any atom is 0.256 e. The molecule has 7 heteroatoms. The van der Waals surface area contributed by atoms with Crippen molar-refractivity contribution in [3.63, 3.8) is 0 Å². The highest BCUT2D eigenvalue weighted by Gasteiger charge is 2.34. The number of aromatic amines is 1. The minimum absolute atomic E-state index is 0.0740. The van der Waals surface area contributed by atoms with Gasteiger partial charge in [-0.15, -0.1) is 0 Å². The fourth-order valence-electron chi connectivity index (χ4n) is 5.38. The Morgan fingerprint density at radius 3 is 2.81 bits per heavy atom. The number of halogens is 1. The molecule has 0 radical (unpaired) electrons. The van der Waals surface area contributed by atoms with Crippen molar-refractivity contribution in [1.29, 1.82) is 0 Å². The molecule has 1 aromatic carbocycles. The number of H-pyrrole nitrogens is 1. The van der Waals surface area contributed by atoms with Crippen molar-refractivity contribution in [2.75, 3.05) is 31.5 Å². The van der Waals surface area contributed by atoms with Crippen molar-refractivity contribution in [3.05, 3.63) is 52.1 Å². The van der Waals surface area contributed by atoms with Crippen molar-refractivity contribution in [3.8, 4) is 0 Å². The lowest BCUT2D eigenvalue weighted by atomic mass is 9.86. The highest BCUT2D eigenvalue weighted by Crippen LogP contribution is 2.43. The Bertz CT molecular complexity index is 1110. The van der Waals surface area contributed by atoms with Crippen LogP contribution in [-0.2, 0) is 11.2 Å². The van der Waals surface area contributed by atoms with Gasteiger partial charge in [0.2, 0.25) is 0 Å². The molecule has 1 fully saturated rings. The first-order valence-corrected chi connectivity index (χ1v) is 11.6. The summed E-state index contributed by atoms with van der Waals surface area (Å²) >= 11 is 0.